The van der Waals surface area contributed by atoms with Crippen LogP contribution in [-0.4, -0.2) is 73.6 Å². The first kappa shape index (κ1) is 20.7. The lowest BCUT2D eigenvalue weighted by Crippen LogP contribution is -2.39. The van der Waals surface area contributed by atoms with E-state index in [-0.39, 0.29) is 36.6 Å². The van der Waals surface area contributed by atoms with Crippen LogP contribution in [0.2, 0.25) is 0 Å². The minimum atomic E-state index is -0.254. The highest BCUT2D eigenvalue weighted by molar-refractivity contribution is 5.96. The third kappa shape index (κ3) is 3.77. The molecule has 5 heterocycles. The van der Waals surface area contributed by atoms with E-state index in [1.165, 1.54) is 12.8 Å². The number of fused-ring (bicyclic) bond motifs is 1. The predicted octanol–water partition coefficient (Wildman–Crippen LogP) is 1.79. The molecule has 0 bridgehead atoms. The van der Waals surface area contributed by atoms with Crippen molar-refractivity contribution in [3.63, 3.8) is 0 Å². The SMILES string of the molecule is Cc1cn2nc([C@@H]3CCCCN3C(=O)c3nonc3NCCO)cc2nc1N1CCCC1. The fraction of sp³-hybridized carbons (Fsp3) is 0.571. The molecule has 11 heteroatoms. The van der Waals surface area contributed by atoms with Crippen molar-refractivity contribution in [2.24, 2.45) is 0 Å². The quantitative estimate of drug-likeness (QED) is 0.590. The number of anilines is 2. The van der Waals surface area contributed by atoms with Gasteiger partial charge >= 0.3 is 0 Å². The molecule has 3 aromatic heterocycles. The molecule has 2 aliphatic rings. The highest BCUT2D eigenvalue weighted by Gasteiger charge is 2.34. The van der Waals surface area contributed by atoms with E-state index in [0.29, 0.717) is 6.54 Å². The fourth-order valence-corrected chi connectivity index (χ4v) is 4.67. The number of carbonyl (C=O) groups is 1. The minimum Gasteiger partial charge on any atom is -0.395 e. The summed E-state index contributed by atoms with van der Waals surface area (Å²) >= 11 is 0. The molecule has 2 fully saturated rings. The first-order valence-electron chi connectivity index (χ1n) is 11.3. The highest BCUT2D eigenvalue weighted by Crippen LogP contribution is 2.33. The molecule has 0 spiro atoms. The fourth-order valence-electron chi connectivity index (χ4n) is 4.67. The molecule has 0 unspecified atom stereocenters. The van der Waals surface area contributed by atoms with Gasteiger partial charge in [-0.05, 0) is 49.3 Å². The van der Waals surface area contributed by atoms with Crippen molar-refractivity contribution >= 4 is 23.2 Å². The van der Waals surface area contributed by atoms with Gasteiger partial charge in [0.05, 0.1) is 18.3 Å². The summed E-state index contributed by atoms with van der Waals surface area (Å²) in [7, 11) is 0. The van der Waals surface area contributed by atoms with Crippen molar-refractivity contribution < 1.29 is 14.5 Å². The first-order chi connectivity index (χ1) is 15.7. The van der Waals surface area contributed by atoms with Gasteiger partial charge in [-0.15, -0.1) is 0 Å². The number of nitrogens with zero attached hydrogens (tertiary/aromatic N) is 7. The molecule has 0 aromatic carbocycles. The Kier molecular flexibility index (Phi) is 5.64. The van der Waals surface area contributed by atoms with E-state index in [2.05, 4.69) is 27.5 Å². The van der Waals surface area contributed by atoms with E-state index < -0.39 is 0 Å². The lowest BCUT2D eigenvalue weighted by atomic mass is 9.99. The Morgan fingerprint density at radius 3 is 2.84 bits per heavy atom. The minimum absolute atomic E-state index is 0.0834. The topological polar surface area (TPSA) is 125 Å². The van der Waals surface area contributed by atoms with Crippen molar-refractivity contribution in [3.8, 4) is 0 Å². The Balaban J connectivity index is 1.44. The van der Waals surface area contributed by atoms with Gasteiger partial charge in [-0.2, -0.15) is 5.10 Å². The van der Waals surface area contributed by atoms with Crippen LogP contribution < -0.4 is 10.2 Å². The summed E-state index contributed by atoms with van der Waals surface area (Å²) in [6, 6.07) is 1.82. The first-order valence-corrected chi connectivity index (χ1v) is 11.3. The molecular formula is C21H28N8O3. The zero-order valence-electron chi connectivity index (χ0n) is 18.2. The summed E-state index contributed by atoms with van der Waals surface area (Å²) in [5.41, 5.74) is 2.84. The molecule has 5 rings (SSSR count). The van der Waals surface area contributed by atoms with Crippen LogP contribution in [0.25, 0.3) is 5.65 Å². The van der Waals surface area contributed by atoms with Crippen molar-refractivity contribution in [2.45, 2.75) is 45.1 Å². The number of hydrogen-bond acceptors (Lipinski definition) is 9. The summed E-state index contributed by atoms with van der Waals surface area (Å²) < 4.78 is 6.61. The van der Waals surface area contributed by atoms with Crippen LogP contribution in [0.15, 0.2) is 16.9 Å². The second-order valence-electron chi connectivity index (χ2n) is 8.44. The molecule has 32 heavy (non-hydrogen) atoms. The molecule has 1 atom stereocenters. The number of carbonyl (C=O) groups excluding carboxylic acids is 1. The van der Waals surface area contributed by atoms with Crippen LogP contribution in [0.5, 0.6) is 0 Å². The molecular weight excluding hydrogens is 412 g/mol. The molecule has 170 valence electrons. The summed E-state index contributed by atoms with van der Waals surface area (Å²) in [5.74, 6) is 1.01. The molecule has 3 aromatic rings. The average Bonchev–Trinajstić information content (AvgIpc) is 3.57. The lowest BCUT2D eigenvalue weighted by molar-refractivity contribution is 0.0595. The average molecular weight is 441 g/mol. The van der Waals surface area contributed by atoms with Crippen molar-refractivity contribution in [3.05, 3.63) is 29.2 Å². The van der Waals surface area contributed by atoms with Crippen molar-refractivity contribution in [2.75, 3.05) is 43.0 Å². The maximum absolute atomic E-state index is 13.3. The van der Waals surface area contributed by atoms with Gasteiger partial charge < -0.3 is 20.2 Å². The number of aromatic nitrogens is 5. The van der Waals surface area contributed by atoms with E-state index in [1.807, 2.05) is 16.8 Å². The Bertz CT molecular complexity index is 1100. The lowest BCUT2D eigenvalue weighted by Gasteiger charge is -2.34. The maximum atomic E-state index is 13.3. The maximum Gasteiger partial charge on any atom is 0.280 e. The summed E-state index contributed by atoms with van der Waals surface area (Å²) in [5, 5.41) is 24.3. The molecule has 2 N–H and O–H groups in total. The van der Waals surface area contributed by atoms with Crippen LogP contribution in [0.1, 0.15) is 59.9 Å². The highest BCUT2D eigenvalue weighted by atomic mass is 16.6. The van der Waals surface area contributed by atoms with E-state index >= 15 is 0 Å². The van der Waals surface area contributed by atoms with E-state index in [4.69, 9.17) is 19.8 Å². The predicted molar refractivity (Wildman–Crippen MR) is 117 cm³/mol. The Hall–Kier alpha value is -3.21. The van der Waals surface area contributed by atoms with Gasteiger partial charge in [-0.25, -0.2) is 14.1 Å². The Labute approximate surface area is 185 Å². The van der Waals surface area contributed by atoms with Gasteiger partial charge in [-0.3, -0.25) is 4.79 Å². The molecule has 0 saturated carbocycles. The number of aliphatic hydroxyl groups excluding tert-OH is 1. The van der Waals surface area contributed by atoms with E-state index in [1.54, 1.807) is 4.90 Å². The smallest absolute Gasteiger partial charge is 0.280 e. The monoisotopic (exact) mass is 440 g/mol. The number of aliphatic hydroxyl groups is 1. The molecule has 2 saturated heterocycles. The summed E-state index contributed by atoms with van der Waals surface area (Å²) in [6.07, 6.45) is 7.16. The molecule has 1 amide bonds. The number of likely N-dealkylation sites (tertiary alicyclic amines) is 1. The van der Waals surface area contributed by atoms with Gasteiger partial charge in [0, 0.05) is 44.0 Å². The Morgan fingerprint density at radius 1 is 1.22 bits per heavy atom. The van der Waals surface area contributed by atoms with Gasteiger partial charge in [0.15, 0.2) is 5.65 Å². The Morgan fingerprint density at radius 2 is 2.03 bits per heavy atom. The van der Waals surface area contributed by atoms with Gasteiger partial charge in [0.25, 0.3) is 5.91 Å². The van der Waals surface area contributed by atoms with Crippen LogP contribution >= 0.6 is 0 Å². The number of rotatable bonds is 6. The van der Waals surface area contributed by atoms with E-state index in [9.17, 15) is 4.79 Å². The second kappa shape index (κ2) is 8.73. The van der Waals surface area contributed by atoms with E-state index in [0.717, 1.165) is 55.1 Å². The normalized spacial score (nSPS) is 19.1. The number of hydrogen-bond donors (Lipinski definition) is 2. The number of aryl methyl sites for hydroxylation is 1. The van der Waals surface area contributed by atoms with Gasteiger partial charge in [0.1, 0.15) is 5.82 Å². The van der Waals surface area contributed by atoms with Crippen LogP contribution in [0, 0.1) is 6.92 Å². The third-order valence-electron chi connectivity index (χ3n) is 6.23. The van der Waals surface area contributed by atoms with Crippen LogP contribution in [0.3, 0.4) is 0 Å². The zero-order valence-corrected chi connectivity index (χ0v) is 18.2. The van der Waals surface area contributed by atoms with Gasteiger partial charge in [0.2, 0.25) is 11.5 Å². The van der Waals surface area contributed by atoms with Gasteiger partial charge in [-0.1, -0.05) is 0 Å². The summed E-state index contributed by atoms with van der Waals surface area (Å²) in [6.45, 7) is 4.92. The third-order valence-corrected chi connectivity index (χ3v) is 6.23. The molecule has 0 radical (unpaired) electrons. The standard InChI is InChI=1S/C21H28N8O3/c1-14-13-29-17(23-20(14)27-8-4-5-9-27)12-15(24-29)16-6-2-3-10-28(16)21(31)18-19(22-7-11-30)26-32-25-18/h12-13,16,30H,2-11H2,1H3,(H,22,26)/t16-/m0/s1. The number of nitrogens with one attached hydrogen (secondary N) is 1. The number of amides is 1. The van der Waals surface area contributed by atoms with Crippen molar-refractivity contribution in [1.29, 1.82) is 0 Å². The van der Waals surface area contributed by atoms with Crippen molar-refractivity contribution in [1.82, 2.24) is 29.8 Å². The molecule has 2 aliphatic heterocycles. The molecule has 0 aliphatic carbocycles. The van der Waals surface area contributed by atoms with Crippen LogP contribution in [0.4, 0.5) is 11.6 Å². The zero-order chi connectivity index (χ0) is 22.1. The largest absolute Gasteiger partial charge is 0.395 e. The second-order valence-corrected chi connectivity index (χ2v) is 8.44. The molecule has 11 nitrogen and oxygen atoms in total. The summed E-state index contributed by atoms with van der Waals surface area (Å²) in [4.78, 5) is 22.3. The number of piperidine rings is 1. The van der Waals surface area contributed by atoms with Crippen LogP contribution in [-0.2, 0) is 0 Å².